The van der Waals surface area contributed by atoms with Crippen molar-refractivity contribution >= 4 is 15.7 Å². The van der Waals surface area contributed by atoms with E-state index in [0.717, 1.165) is 5.56 Å². The van der Waals surface area contributed by atoms with Crippen molar-refractivity contribution in [3.63, 3.8) is 0 Å². The van der Waals surface area contributed by atoms with Gasteiger partial charge in [0.05, 0.1) is 11.0 Å². The van der Waals surface area contributed by atoms with E-state index in [2.05, 4.69) is 4.98 Å². The molecule has 0 saturated heterocycles. The fourth-order valence-corrected chi connectivity index (χ4v) is 3.68. The van der Waals surface area contributed by atoms with Gasteiger partial charge in [-0.1, -0.05) is 17.7 Å². The molecule has 1 aromatic heterocycles. The zero-order valence-corrected chi connectivity index (χ0v) is 14.4. The monoisotopic (exact) mass is 353 g/mol. The average molecular weight is 353 g/mol. The largest absolute Gasteiger partial charge is 0.389 e. The Hall–Kier alpha value is -2.26. The first-order valence-corrected chi connectivity index (χ1v) is 8.95. The van der Waals surface area contributed by atoms with Crippen LogP contribution >= 0.6 is 0 Å². The van der Waals surface area contributed by atoms with E-state index < -0.39 is 32.4 Å². The highest BCUT2D eigenvalue weighted by atomic mass is 32.2. The molecule has 0 bridgehead atoms. The van der Waals surface area contributed by atoms with Crippen LogP contribution in [0.5, 0.6) is 0 Å². The van der Waals surface area contributed by atoms with Crippen LogP contribution in [-0.4, -0.2) is 34.1 Å². The summed E-state index contributed by atoms with van der Waals surface area (Å²) < 4.78 is 26.2. The number of benzene rings is 1. The molecule has 0 amide bonds. The molecular weight excluding hydrogens is 334 g/mol. The Morgan fingerprint density at radius 1 is 1.29 bits per heavy atom. The lowest BCUT2D eigenvalue weighted by atomic mass is 10.2. The van der Waals surface area contributed by atoms with Gasteiger partial charge in [-0.05, 0) is 30.9 Å². The Morgan fingerprint density at radius 2 is 1.88 bits per heavy atom. The molecule has 0 fully saturated rings. The van der Waals surface area contributed by atoms with Crippen LogP contribution in [0, 0.1) is 24.0 Å². The van der Waals surface area contributed by atoms with Crippen molar-refractivity contribution in [2.45, 2.75) is 44.1 Å². The van der Waals surface area contributed by atoms with Crippen molar-refractivity contribution in [3.05, 3.63) is 51.5 Å². The third-order valence-electron chi connectivity index (χ3n) is 3.53. The molecule has 0 aliphatic rings. The normalized spacial score (nSPS) is 13.0. The van der Waals surface area contributed by atoms with Gasteiger partial charge in [0.2, 0.25) is 0 Å². The van der Waals surface area contributed by atoms with Crippen LogP contribution in [0.15, 0.2) is 29.2 Å². The molecule has 24 heavy (non-hydrogen) atoms. The number of nitrogens with zero attached hydrogens (tertiary/aromatic N) is 3. The van der Waals surface area contributed by atoms with Gasteiger partial charge in [-0.2, -0.15) is 0 Å². The summed E-state index contributed by atoms with van der Waals surface area (Å²) >= 11 is 0. The van der Waals surface area contributed by atoms with Gasteiger partial charge in [0.1, 0.15) is 12.3 Å². The van der Waals surface area contributed by atoms with Crippen LogP contribution < -0.4 is 0 Å². The summed E-state index contributed by atoms with van der Waals surface area (Å²) in [5.74, 6) is -0.680. The summed E-state index contributed by atoms with van der Waals surface area (Å²) in [6.07, 6.45) is -0.821. The maximum Gasteiger partial charge on any atom is 0.347 e. The molecule has 2 rings (SSSR count). The van der Waals surface area contributed by atoms with Crippen LogP contribution in [0.4, 0.5) is 5.82 Å². The summed E-state index contributed by atoms with van der Waals surface area (Å²) in [6.45, 7) is 4.84. The third-order valence-corrected chi connectivity index (χ3v) is 5.17. The van der Waals surface area contributed by atoms with Gasteiger partial charge in [0.25, 0.3) is 0 Å². The highest BCUT2D eigenvalue weighted by Gasteiger charge is 2.30. The second-order valence-corrected chi connectivity index (χ2v) is 7.71. The summed E-state index contributed by atoms with van der Waals surface area (Å²) in [7, 11) is -3.76. The van der Waals surface area contributed by atoms with Crippen molar-refractivity contribution in [2.24, 2.45) is 0 Å². The Morgan fingerprint density at radius 3 is 2.38 bits per heavy atom. The van der Waals surface area contributed by atoms with E-state index in [1.807, 2.05) is 6.92 Å². The molecule has 0 saturated carbocycles. The van der Waals surface area contributed by atoms with Crippen molar-refractivity contribution in [3.8, 4) is 0 Å². The predicted octanol–water partition coefficient (Wildman–Crippen LogP) is 1.76. The molecule has 8 nitrogen and oxygen atoms in total. The average Bonchev–Trinajstić information content (AvgIpc) is 2.73. The smallest absolute Gasteiger partial charge is 0.347 e. The Kier molecular flexibility index (Phi) is 5.05. The SMILES string of the molecule is Cc1ccc(S(=O)(=O)Cc2nc(C)n(CC(C)O)c2[N+](=O)[O-])cc1. The number of aryl methyl sites for hydroxylation is 2. The predicted molar refractivity (Wildman–Crippen MR) is 87.4 cm³/mol. The van der Waals surface area contributed by atoms with Crippen molar-refractivity contribution in [2.75, 3.05) is 0 Å². The van der Waals surface area contributed by atoms with E-state index in [1.54, 1.807) is 12.1 Å². The van der Waals surface area contributed by atoms with Crippen LogP contribution in [0.25, 0.3) is 0 Å². The molecule has 2 aromatic rings. The first kappa shape index (κ1) is 18.1. The van der Waals surface area contributed by atoms with Crippen molar-refractivity contribution < 1.29 is 18.4 Å². The lowest BCUT2D eigenvalue weighted by molar-refractivity contribution is -0.393. The number of aliphatic hydroxyl groups is 1. The maximum absolute atomic E-state index is 12.5. The van der Waals surface area contributed by atoms with Gasteiger partial charge >= 0.3 is 5.82 Å². The zero-order chi connectivity index (χ0) is 18.1. The van der Waals surface area contributed by atoms with Crippen molar-refractivity contribution in [1.82, 2.24) is 9.55 Å². The Balaban J connectivity index is 2.45. The van der Waals surface area contributed by atoms with Crippen molar-refractivity contribution in [1.29, 1.82) is 0 Å². The number of imidazole rings is 1. The van der Waals surface area contributed by atoms with Crippen LogP contribution in [0.1, 0.15) is 24.0 Å². The molecule has 1 N–H and O–H groups in total. The standard InChI is InChI=1S/C15H19N3O5S/c1-10-4-6-13(7-5-10)24(22,23)9-14-15(18(20)21)17(8-11(2)19)12(3)16-14/h4-7,11,19H,8-9H2,1-3H3. The minimum atomic E-state index is -3.76. The molecule has 130 valence electrons. The number of hydrogen-bond donors (Lipinski definition) is 1. The first-order chi connectivity index (χ1) is 11.1. The number of aromatic nitrogens is 2. The van der Waals surface area contributed by atoms with Gasteiger partial charge < -0.3 is 15.2 Å². The molecule has 0 aliphatic carbocycles. The second kappa shape index (κ2) is 6.70. The first-order valence-electron chi connectivity index (χ1n) is 7.29. The number of rotatable bonds is 6. The summed E-state index contributed by atoms with van der Waals surface area (Å²) in [5.41, 5.74) is 0.788. The molecule has 0 spiro atoms. The minimum Gasteiger partial charge on any atom is -0.389 e. The van der Waals surface area contributed by atoms with E-state index in [4.69, 9.17) is 0 Å². The zero-order valence-electron chi connectivity index (χ0n) is 13.6. The molecule has 1 aromatic carbocycles. The fourth-order valence-electron chi connectivity index (χ4n) is 2.41. The molecular formula is C15H19N3O5S. The van der Waals surface area contributed by atoms with E-state index in [1.165, 1.54) is 30.5 Å². The number of nitro groups is 1. The lowest BCUT2D eigenvalue weighted by Crippen LogP contribution is -2.15. The molecule has 1 unspecified atom stereocenters. The van der Waals surface area contributed by atoms with Crippen LogP contribution in [0.3, 0.4) is 0 Å². The topological polar surface area (TPSA) is 115 Å². The highest BCUT2D eigenvalue weighted by molar-refractivity contribution is 7.90. The Labute approximate surface area is 139 Å². The van der Waals surface area contributed by atoms with Gasteiger partial charge in [-0.15, -0.1) is 0 Å². The summed E-state index contributed by atoms with van der Waals surface area (Å²) in [6, 6.07) is 6.27. The van der Waals surface area contributed by atoms with Gasteiger partial charge in [0, 0.05) is 6.92 Å². The van der Waals surface area contributed by atoms with Gasteiger partial charge in [-0.25, -0.2) is 18.0 Å². The molecule has 0 aliphatic heterocycles. The van der Waals surface area contributed by atoms with E-state index >= 15 is 0 Å². The van der Waals surface area contributed by atoms with E-state index in [-0.39, 0.29) is 23.0 Å². The van der Waals surface area contributed by atoms with Crippen LogP contribution in [0.2, 0.25) is 0 Å². The van der Waals surface area contributed by atoms with Gasteiger partial charge in [-0.3, -0.25) is 0 Å². The molecule has 1 atom stereocenters. The fraction of sp³-hybridized carbons (Fsp3) is 0.400. The molecule has 9 heteroatoms. The summed E-state index contributed by atoms with van der Waals surface area (Å²) in [5, 5.41) is 20.9. The minimum absolute atomic E-state index is 0.0280. The number of hydrogen-bond acceptors (Lipinski definition) is 6. The highest BCUT2D eigenvalue weighted by Crippen LogP contribution is 2.25. The molecule has 1 heterocycles. The number of aliphatic hydroxyl groups excluding tert-OH is 1. The lowest BCUT2D eigenvalue weighted by Gasteiger charge is -2.06. The molecule has 0 radical (unpaired) electrons. The second-order valence-electron chi connectivity index (χ2n) is 5.72. The third kappa shape index (κ3) is 3.80. The van der Waals surface area contributed by atoms with E-state index in [9.17, 15) is 23.6 Å². The quantitative estimate of drug-likeness (QED) is 0.625. The Bertz CT molecular complexity index is 854. The van der Waals surface area contributed by atoms with E-state index in [0.29, 0.717) is 0 Å². The summed E-state index contributed by atoms with van der Waals surface area (Å²) in [4.78, 5) is 14.8. The maximum atomic E-state index is 12.5. The number of sulfone groups is 1. The van der Waals surface area contributed by atoms with Crippen LogP contribution in [-0.2, 0) is 22.1 Å². The van der Waals surface area contributed by atoms with Gasteiger partial charge in [0.15, 0.2) is 21.4 Å².